The molecule has 6 nitrogen and oxygen atoms in total. The van der Waals surface area contributed by atoms with E-state index < -0.39 is 0 Å². The van der Waals surface area contributed by atoms with Gasteiger partial charge in [-0.25, -0.2) is 4.99 Å². The Morgan fingerprint density at radius 3 is 2.93 bits per heavy atom. The highest BCUT2D eigenvalue weighted by Crippen LogP contribution is 2.54. The SMILES string of the molecule is CN(C)c1cccc(C(=O)Nc2cccc(C3=NC4=NC=CC5CC45O3)c2)c1.[HH]. The first-order valence-electron chi connectivity index (χ1n) is 9.27. The van der Waals surface area contributed by atoms with E-state index in [9.17, 15) is 4.79 Å². The van der Waals surface area contributed by atoms with Gasteiger partial charge in [0.25, 0.3) is 5.91 Å². The summed E-state index contributed by atoms with van der Waals surface area (Å²) >= 11 is 0. The first kappa shape index (κ1) is 16.7. The van der Waals surface area contributed by atoms with Crippen molar-refractivity contribution in [3.05, 3.63) is 71.9 Å². The molecule has 0 radical (unpaired) electrons. The van der Waals surface area contributed by atoms with Gasteiger partial charge in [-0.1, -0.05) is 18.2 Å². The normalized spacial score (nSPS) is 23.7. The lowest BCUT2D eigenvalue weighted by Crippen LogP contribution is -2.23. The summed E-state index contributed by atoms with van der Waals surface area (Å²) in [5.41, 5.74) is 2.76. The molecular formula is C22H22N4O2. The Balaban J connectivity index is 0.00000205. The van der Waals surface area contributed by atoms with Crippen LogP contribution in [-0.2, 0) is 4.74 Å². The summed E-state index contributed by atoms with van der Waals surface area (Å²) in [6.45, 7) is 0. The lowest BCUT2D eigenvalue weighted by atomic mass is 10.1. The minimum absolute atomic E-state index is 0. The molecule has 0 saturated heterocycles. The second-order valence-electron chi connectivity index (χ2n) is 7.49. The van der Waals surface area contributed by atoms with E-state index in [0.29, 0.717) is 23.1 Å². The van der Waals surface area contributed by atoms with E-state index in [1.807, 2.05) is 61.5 Å². The molecule has 1 fully saturated rings. The highest BCUT2D eigenvalue weighted by atomic mass is 16.5. The second-order valence-corrected chi connectivity index (χ2v) is 7.49. The maximum Gasteiger partial charge on any atom is 0.255 e. The van der Waals surface area contributed by atoms with E-state index in [1.54, 1.807) is 12.3 Å². The van der Waals surface area contributed by atoms with Crippen molar-refractivity contribution < 1.29 is 11.0 Å². The number of nitrogens with one attached hydrogen (secondary N) is 1. The smallest absolute Gasteiger partial charge is 0.255 e. The number of ether oxygens (including phenoxy) is 1. The summed E-state index contributed by atoms with van der Waals surface area (Å²) in [6, 6.07) is 15.1. The van der Waals surface area contributed by atoms with Gasteiger partial charge in [0.15, 0.2) is 11.4 Å². The predicted octanol–water partition coefficient (Wildman–Crippen LogP) is 3.71. The molecule has 142 valence electrons. The molecule has 3 aliphatic rings. The Hall–Kier alpha value is -3.41. The number of nitrogens with zero attached hydrogens (tertiary/aromatic N) is 3. The number of amides is 1. The predicted molar refractivity (Wildman–Crippen MR) is 112 cm³/mol. The molecule has 28 heavy (non-hydrogen) atoms. The number of anilines is 2. The van der Waals surface area contributed by atoms with Crippen LogP contribution in [0, 0.1) is 5.92 Å². The van der Waals surface area contributed by atoms with Crippen LogP contribution in [0.15, 0.2) is 70.8 Å². The van der Waals surface area contributed by atoms with Crippen LogP contribution in [0.2, 0.25) is 0 Å². The summed E-state index contributed by atoms with van der Waals surface area (Å²) < 4.78 is 6.15. The Morgan fingerprint density at radius 2 is 2.11 bits per heavy atom. The average Bonchev–Trinajstić information content (AvgIpc) is 3.30. The fraction of sp³-hybridized carbons (Fsp3) is 0.227. The van der Waals surface area contributed by atoms with Crippen LogP contribution < -0.4 is 10.2 Å². The highest BCUT2D eigenvalue weighted by Gasteiger charge is 2.64. The topological polar surface area (TPSA) is 66.3 Å². The van der Waals surface area contributed by atoms with Crippen molar-refractivity contribution in [1.29, 1.82) is 0 Å². The van der Waals surface area contributed by atoms with E-state index in [4.69, 9.17) is 4.74 Å². The molecule has 2 atom stereocenters. The van der Waals surface area contributed by atoms with Crippen molar-refractivity contribution >= 4 is 29.0 Å². The van der Waals surface area contributed by atoms with Gasteiger partial charge in [0.2, 0.25) is 5.90 Å². The van der Waals surface area contributed by atoms with Crippen molar-refractivity contribution in [2.45, 2.75) is 12.0 Å². The van der Waals surface area contributed by atoms with E-state index in [-0.39, 0.29) is 12.9 Å². The molecule has 1 amide bonds. The van der Waals surface area contributed by atoms with E-state index in [2.05, 4.69) is 21.4 Å². The van der Waals surface area contributed by atoms with Crippen LogP contribution in [0.1, 0.15) is 23.8 Å². The van der Waals surface area contributed by atoms with Gasteiger partial charge >= 0.3 is 0 Å². The zero-order valence-corrected chi connectivity index (χ0v) is 15.7. The van der Waals surface area contributed by atoms with Gasteiger partial charge in [-0.05, 0) is 36.4 Å². The molecule has 2 aliphatic heterocycles. The molecular weight excluding hydrogens is 352 g/mol. The van der Waals surface area contributed by atoms with Gasteiger partial charge in [-0.2, -0.15) is 4.99 Å². The third-order valence-corrected chi connectivity index (χ3v) is 5.33. The van der Waals surface area contributed by atoms with Gasteiger partial charge in [-0.3, -0.25) is 4.79 Å². The number of amidine groups is 1. The van der Waals surface area contributed by atoms with E-state index >= 15 is 0 Å². The molecule has 2 unspecified atom stereocenters. The van der Waals surface area contributed by atoms with Crippen LogP contribution in [0.4, 0.5) is 11.4 Å². The van der Waals surface area contributed by atoms with Gasteiger partial charge < -0.3 is 15.0 Å². The zero-order valence-electron chi connectivity index (χ0n) is 15.7. The highest BCUT2D eigenvalue weighted by molar-refractivity contribution is 6.14. The van der Waals surface area contributed by atoms with Crippen LogP contribution >= 0.6 is 0 Å². The van der Waals surface area contributed by atoms with Crippen molar-refractivity contribution in [1.82, 2.24) is 0 Å². The molecule has 0 bridgehead atoms. The van der Waals surface area contributed by atoms with E-state index in [0.717, 1.165) is 23.5 Å². The van der Waals surface area contributed by atoms with Crippen molar-refractivity contribution in [2.75, 3.05) is 24.3 Å². The maximum absolute atomic E-state index is 12.7. The van der Waals surface area contributed by atoms with Crippen LogP contribution in [-0.4, -0.2) is 37.3 Å². The molecule has 5 rings (SSSR count). The maximum atomic E-state index is 12.7. The summed E-state index contributed by atoms with van der Waals surface area (Å²) in [5, 5.41) is 2.96. The summed E-state index contributed by atoms with van der Waals surface area (Å²) in [7, 11) is 3.90. The van der Waals surface area contributed by atoms with Crippen molar-refractivity contribution in [3.8, 4) is 0 Å². The summed E-state index contributed by atoms with van der Waals surface area (Å²) in [5.74, 6) is 1.53. The molecule has 0 aromatic heterocycles. The molecule has 2 aromatic rings. The number of benzene rings is 2. The Morgan fingerprint density at radius 1 is 1.25 bits per heavy atom. The Kier molecular flexibility index (Phi) is 3.62. The molecule has 1 N–H and O–H groups in total. The minimum Gasteiger partial charge on any atom is -0.462 e. The van der Waals surface area contributed by atoms with Crippen LogP contribution in [0.5, 0.6) is 0 Å². The third-order valence-electron chi connectivity index (χ3n) is 5.33. The quantitative estimate of drug-likeness (QED) is 0.887. The molecule has 1 spiro atoms. The Bertz CT molecular complexity index is 1080. The first-order chi connectivity index (χ1) is 13.5. The number of aliphatic imine (C=N–C) groups is 2. The largest absolute Gasteiger partial charge is 0.462 e. The molecule has 2 aromatic carbocycles. The zero-order chi connectivity index (χ0) is 19.3. The lowest BCUT2D eigenvalue weighted by Gasteiger charge is -2.14. The molecule has 1 saturated carbocycles. The van der Waals surface area contributed by atoms with Gasteiger partial charge in [0.1, 0.15) is 0 Å². The monoisotopic (exact) mass is 374 g/mol. The van der Waals surface area contributed by atoms with Gasteiger partial charge in [-0.15, -0.1) is 0 Å². The second kappa shape index (κ2) is 6.05. The number of hydrogen-bond donors (Lipinski definition) is 1. The van der Waals surface area contributed by atoms with Gasteiger partial charge in [0.05, 0.1) is 0 Å². The molecule has 6 heteroatoms. The van der Waals surface area contributed by atoms with Crippen LogP contribution in [0.3, 0.4) is 0 Å². The van der Waals surface area contributed by atoms with Crippen LogP contribution in [0.25, 0.3) is 0 Å². The first-order valence-corrected chi connectivity index (χ1v) is 9.27. The summed E-state index contributed by atoms with van der Waals surface area (Å²) in [4.78, 5) is 23.6. The van der Waals surface area contributed by atoms with Crippen molar-refractivity contribution in [2.24, 2.45) is 15.9 Å². The minimum atomic E-state index is -0.351. The fourth-order valence-corrected chi connectivity index (χ4v) is 3.64. The standard InChI is InChI=1S/C22H20N4O2.H2/c1-26(2)18-8-4-5-14(12-18)19(27)24-17-7-3-6-15(11-17)20-25-21-22(28-20)13-16(22)9-10-23-21;/h3-12,16H,13H2,1-2H3,(H,24,27);1H. The Labute approximate surface area is 164 Å². The molecule has 1 aliphatic carbocycles. The lowest BCUT2D eigenvalue weighted by molar-refractivity contribution is 0.102. The van der Waals surface area contributed by atoms with Gasteiger partial charge in [0, 0.05) is 56.6 Å². The fourth-order valence-electron chi connectivity index (χ4n) is 3.64. The number of carbonyl (C=O) groups is 1. The van der Waals surface area contributed by atoms with E-state index in [1.165, 1.54) is 0 Å². The number of hydrogen-bond acceptors (Lipinski definition) is 5. The number of carbonyl (C=O) groups excluding carboxylic acids is 1. The molecule has 2 heterocycles. The number of rotatable bonds is 4. The summed E-state index contributed by atoms with van der Waals surface area (Å²) in [6.07, 6.45) is 4.80. The average molecular weight is 374 g/mol. The third kappa shape index (κ3) is 2.69. The van der Waals surface area contributed by atoms with Crippen molar-refractivity contribution in [3.63, 3.8) is 0 Å².